The van der Waals surface area contributed by atoms with Gasteiger partial charge in [-0.05, 0) is 50.3 Å². The molecule has 0 spiro atoms. The van der Waals surface area contributed by atoms with E-state index in [0.29, 0.717) is 29.8 Å². The van der Waals surface area contributed by atoms with Crippen LogP contribution in [0, 0.1) is 17.8 Å². The van der Waals surface area contributed by atoms with Gasteiger partial charge in [-0.25, -0.2) is 4.98 Å². The molecular weight excluding hydrogens is 411 g/mol. The van der Waals surface area contributed by atoms with Crippen LogP contribution in [-0.2, 0) is 9.59 Å². The standard InChI is InChI=1S/C18H25ClN4O2.2ClH/c19-14-6-7-16(21-10-14)22-17(24)13-4-2-8-23(11-13)18(25)15-5-1-3-12(15)9-20;;/h6-7,10,12-13,15H,1-5,8-9,11,20H2,(H,21,22,24);2*1H/t12-,13?,15-;;/m1../s1. The van der Waals surface area contributed by atoms with Gasteiger partial charge in [-0.1, -0.05) is 18.0 Å². The van der Waals surface area contributed by atoms with Crippen molar-refractivity contribution in [1.29, 1.82) is 0 Å². The summed E-state index contributed by atoms with van der Waals surface area (Å²) < 4.78 is 0. The van der Waals surface area contributed by atoms with E-state index in [2.05, 4.69) is 10.3 Å². The number of hydrogen-bond acceptors (Lipinski definition) is 4. The Morgan fingerprint density at radius 3 is 2.67 bits per heavy atom. The summed E-state index contributed by atoms with van der Waals surface area (Å²) in [4.78, 5) is 31.3. The Hall–Kier alpha value is -1.08. The van der Waals surface area contributed by atoms with Gasteiger partial charge in [0.15, 0.2) is 0 Å². The molecule has 1 unspecified atom stereocenters. The molecule has 27 heavy (non-hydrogen) atoms. The third-order valence-electron chi connectivity index (χ3n) is 5.36. The predicted molar refractivity (Wildman–Crippen MR) is 112 cm³/mol. The molecule has 1 aliphatic heterocycles. The van der Waals surface area contributed by atoms with Crippen molar-refractivity contribution in [2.45, 2.75) is 32.1 Å². The fourth-order valence-electron chi connectivity index (χ4n) is 3.95. The number of nitrogens with zero attached hydrogens (tertiary/aromatic N) is 2. The minimum Gasteiger partial charge on any atom is -0.342 e. The van der Waals surface area contributed by atoms with Crippen molar-refractivity contribution in [1.82, 2.24) is 9.88 Å². The van der Waals surface area contributed by atoms with Crippen molar-refractivity contribution in [3.05, 3.63) is 23.4 Å². The van der Waals surface area contributed by atoms with Crippen LogP contribution < -0.4 is 11.1 Å². The van der Waals surface area contributed by atoms with Crippen LogP contribution in [0.3, 0.4) is 0 Å². The van der Waals surface area contributed by atoms with E-state index in [1.165, 1.54) is 6.20 Å². The summed E-state index contributed by atoms with van der Waals surface area (Å²) >= 11 is 5.81. The van der Waals surface area contributed by atoms with E-state index in [1.807, 2.05) is 4.90 Å². The third-order valence-corrected chi connectivity index (χ3v) is 5.59. The highest BCUT2D eigenvalue weighted by Gasteiger charge is 2.37. The largest absolute Gasteiger partial charge is 0.342 e. The van der Waals surface area contributed by atoms with Gasteiger partial charge in [-0.2, -0.15) is 0 Å². The second kappa shape index (κ2) is 11.1. The number of piperidine rings is 1. The van der Waals surface area contributed by atoms with E-state index >= 15 is 0 Å². The Kier molecular flexibility index (Phi) is 9.81. The summed E-state index contributed by atoms with van der Waals surface area (Å²) in [6.45, 7) is 1.78. The minimum atomic E-state index is -0.201. The van der Waals surface area contributed by atoms with Gasteiger partial charge in [-0.15, -0.1) is 24.8 Å². The van der Waals surface area contributed by atoms with Crippen molar-refractivity contribution in [2.24, 2.45) is 23.5 Å². The molecule has 9 heteroatoms. The second-order valence-corrected chi connectivity index (χ2v) is 7.44. The number of likely N-dealkylation sites (tertiary alicyclic amines) is 1. The molecule has 1 saturated carbocycles. The van der Waals surface area contributed by atoms with Crippen molar-refractivity contribution < 1.29 is 9.59 Å². The van der Waals surface area contributed by atoms with E-state index in [1.54, 1.807) is 12.1 Å². The number of hydrogen-bond donors (Lipinski definition) is 2. The Labute approximate surface area is 177 Å². The maximum atomic E-state index is 12.8. The topological polar surface area (TPSA) is 88.3 Å². The quantitative estimate of drug-likeness (QED) is 0.757. The first-order chi connectivity index (χ1) is 12.1. The number of nitrogens with one attached hydrogen (secondary N) is 1. The Morgan fingerprint density at radius 2 is 2.00 bits per heavy atom. The monoisotopic (exact) mass is 436 g/mol. The first kappa shape index (κ1) is 24.0. The lowest BCUT2D eigenvalue weighted by Crippen LogP contribution is -2.47. The minimum absolute atomic E-state index is 0. The Balaban J connectivity index is 0.00000182. The van der Waals surface area contributed by atoms with Crippen LogP contribution in [0.5, 0.6) is 0 Å². The molecule has 0 radical (unpaired) electrons. The summed E-state index contributed by atoms with van der Waals surface area (Å²) in [5.41, 5.74) is 5.81. The third kappa shape index (κ3) is 5.95. The Morgan fingerprint density at radius 1 is 1.22 bits per heavy atom. The molecule has 2 fully saturated rings. The molecular formula is C18H27Cl3N4O2. The molecule has 152 valence electrons. The molecule has 1 aromatic heterocycles. The SMILES string of the molecule is Cl.Cl.NC[C@H]1CCC[C@H]1C(=O)N1CCCC(C(=O)Nc2ccc(Cl)cn2)C1. The van der Waals surface area contributed by atoms with Crippen LogP contribution in [0.25, 0.3) is 0 Å². The second-order valence-electron chi connectivity index (χ2n) is 7.01. The van der Waals surface area contributed by atoms with Gasteiger partial charge >= 0.3 is 0 Å². The smallest absolute Gasteiger partial charge is 0.230 e. The first-order valence-corrected chi connectivity index (χ1v) is 9.37. The number of anilines is 1. The fourth-order valence-corrected chi connectivity index (χ4v) is 4.06. The zero-order valence-corrected chi connectivity index (χ0v) is 17.5. The molecule has 0 bridgehead atoms. The zero-order valence-electron chi connectivity index (χ0n) is 15.1. The van der Waals surface area contributed by atoms with Crippen LogP contribution in [0.2, 0.25) is 5.02 Å². The molecule has 3 rings (SSSR count). The van der Waals surface area contributed by atoms with E-state index in [0.717, 1.165) is 38.6 Å². The average Bonchev–Trinajstić information content (AvgIpc) is 3.12. The summed E-state index contributed by atoms with van der Waals surface area (Å²) in [6.07, 6.45) is 6.15. The van der Waals surface area contributed by atoms with Gasteiger partial charge in [-0.3, -0.25) is 9.59 Å². The molecule has 2 heterocycles. The summed E-state index contributed by atoms with van der Waals surface area (Å²) in [5, 5.41) is 3.35. The van der Waals surface area contributed by atoms with Gasteiger partial charge in [0.2, 0.25) is 11.8 Å². The number of carbonyl (C=O) groups is 2. The first-order valence-electron chi connectivity index (χ1n) is 8.99. The molecule has 6 nitrogen and oxygen atoms in total. The number of halogens is 3. The van der Waals surface area contributed by atoms with Gasteiger partial charge in [0.25, 0.3) is 0 Å². The van der Waals surface area contributed by atoms with E-state index < -0.39 is 0 Å². The van der Waals surface area contributed by atoms with Crippen LogP contribution in [0.1, 0.15) is 32.1 Å². The fraction of sp³-hybridized carbons (Fsp3) is 0.611. The number of nitrogens with two attached hydrogens (primary N) is 1. The normalized spacial score (nSPS) is 24.5. The van der Waals surface area contributed by atoms with Gasteiger partial charge in [0.05, 0.1) is 10.9 Å². The molecule has 1 aromatic rings. The molecule has 0 aromatic carbocycles. The number of amides is 2. The summed E-state index contributed by atoms with van der Waals surface area (Å²) in [6, 6.07) is 3.37. The van der Waals surface area contributed by atoms with Crippen LogP contribution in [0.4, 0.5) is 5.82 Å². The number of rotatable bonds is 4. The molecule has 1 saturated heterocycles. The highest BCUT2D eigenvalue weighted by Crippen LogP contribution is 2.33. The average molecular weight is 438 g/mol. The van der Waals surface area contributed by atoms with Crippen LogP contribution >= 0.6 is 36.4 Å². The maximum Gasteiger partial charge on any atom is 0.230 e. The summed E-state index contributed by atoms with van der Waals surface area (Å²) in [7, 11) is 0. The lowest BCUT2D eigenvalue weighted by molar-refractivity contribution is -0.139. The number of aromatic nitrogens is 1. The summed E-state index contributed by atoms with van der Waals surface area (Å²) in [5.74, 6) is 0.693. The molecule has 1 aliphatic carbocycles. The molecule has 3 N–H and O–H groups in total. The lowest BCUT2D eigenvalue weighted by atomic mass is 9.91. The number of carbonyl (C=O) groups excluding carboxylic acids is 2. The van der Waals surface area contributed by atoms with Crippen molar-refractivity contribution in [2.75, 3.05) is 25.0 Å². The molecule has 3 atom stereocenters. The highest BCUT2D eigenvalue weighted by molar-refractivity contribution is 6.30. The van der Waals surface area contributed by atoms with Crippen molar-refractivity contribution >= 4 is 54.0 Å². The van der Waals surface area contributed by atoms with Gasteiger partial charge < -0.3 is 16.0 Å². The number of pyridine rings is 1. The molecule has 2 aliphatic rings. The van der Waals surface area contributed by atoms with Gasteiger partial charge in [0.1, 0.15) is 5.82 Å². The molecule has 2 amide bonds. The predicted octanol–water partition coefficient (Wildman–Crippen LogP) is 3.13. The maximum absolute atomic E-state index is 12.8. The zero-order chi connectivity index (χ0) is 17.8. The van der Waals surface area contributed by atoms with E-state index in [9.17, 15) is 9.59 Å². The lowest BCUT2D eigenvalue weighted by Gasteiger charge is -2.34. The van der Waals surface area contributed by atoms with Crippen molar-refractivity contribution in [3.8, 4) is 0 Å². The van der Waals surface area contributed by atoms with E-state index in [4.69, 9.17) is 17.3 Å². The van der Waals surface area contributed by atoms with Crippen LogP contribution in [0.15, 0.2) is 18.3 Å². The van der Waals surface area contributed by atoms with E-state index in [-0.39, 0.29) is 48.5 Å². The van der Waals surface area contributed by atoms with Gasteiger partial charge in [0, 0.05) is 25.2 Å². The highest BCUT2D eigenvalue weighted by atomic mass is 35.5. The Bertz CT molecular complexity index is 630. The van der Waals surface area contributed by atoms with Crippen molar-refractivity contribution in [3.63, 3.8) is 0 Å². The van der Waals surface area contributed by atoms with Crippen LogP contribution in [-0.4, -0.2) is 41.3 Å².